The smallest absolute Gasteiger partial charge is 0.0384 e. The minimum absolute atomic E-state index is 1.08. The normalized spacial score (nSPS) is 15.2. The van der Waals surface area contributed by atoms with Crippen LogP contribution in [0.5, 0.6) is 0 Å². The highest BCUT2D eigenvalue weighted by atomic mass is 14.9. The van der Waals surface area contributed by atoms with Crippen molar-refractivity contribution in [1.82, 2.24) is 0 Å². The van der Waals surface area contributed by atoms with E-state index in [-0.39, 0.29) is 0 Å². The Hall–Kier alpha value is -1.50. The Morgan fingerprint density at radius 1 is 1.15 bits per heavy atom. The molecule has 1 aliphatic carbocycles. The van der Waals surface area contributed by atoms with Gasteiger partial charge in [-0.3, -0.25) is 0 Å². The average Bonchev–Trinajstić information content (AvgIpc) is 2.54. The number of nitrogens with one attached hydrogen (secondary N) is 1. The molecule has 1 aliphatic rings. The summed E-state index contributed by atoms with van der Waals surface area (Å²) in [5, 5.41) is 3.38. The first-order chi connectivity index (χ1) is 6.36. The van der Waals surface area contributed by atoms with Gasteiger partial charge in [0, 0.05) is 11.4 Å². The molecule has 2 rings (SSSR count). The van der Waals surface area contributed by atoms with Gasteiger partial charge in [0.2, 0.25) is 0 Å². The van der Waals surface area contributed by atoms with Crippen molar-refractivity contribution in [1.29, 1.82) is 0 Å². The van der Waals surface area contributed by atoms with Gasteiger partial charge in [-0.05, 0) is 37.1 Å². The third-order valence-electron chi connectivity index (χ3n) is 2.22. The highest BCUT2D eigenvalue weighted by Crippen LogP contribution is 2.20. The lowest BCUT2D eigenvalue weighted by atomic mass is 10.2. The fraction of sp³-hybridized carbons (Fsp3) is 0.167. The largest absolute Gasteiger partial charge is 0.356 e. The van der Waals surface area contributed by atoms with Crippen LogP contribution in [-0.2, 0) is 0 Å². The van der Waals surface area contributed by atoms with Crippen LogP contribution >= 0.6 is 0 Å². The Labute approximate surface area is 78.8 Å². The Bertz CT molecular complexity index is 347. The zero-order valence-electron chi connectivity index (χ0n) is 7.75. The number of hydrogen-bond acceptors (Lipinski definition) is 1. The molecule has 0 heterocycles. The quantitative estimate of drug-likeness (QED) is 0.719. The molecule has 0 atom stereocenters. The van der Waals surface area contributed by atoms with Crippen LogP contribution in [-0.4, -0.2) is 0 Å². The maximum absolute atomic E-state index is 3.38. The van der Waals surface area contributed by atoms with Crippen LogP contribution in [0.25, 0.3) is 0 Å². The van der Waals surface area contributed by atoms with Crippen molar-refractivity contribution < 1.29 is 0 Å². The van der Waals surface area contributed by atoms with Crippen molar-refractivity contribution in [2.45, 2.75) is 13.3 Å². The average molecular weight is 171 g/mol. The Kier molecular flexibility index (Phi) is 2.17. The predicted molar refractivity (Wildman–Crippen MR) is 56.5 cm³/mol. The standard InChI is InChI=1S/C12H13N/c1-10-6-5-9-12(10)13-11-7-3-2-4-8-11/h2-5,7-9,13H,6H2,1H3. The summed E-state index contributed by atoms with van der Waals surface area (Å²) in [6.45, 7) is 2.16. The minimum atomic E-state index is 1.08. The van der Waals surface area contributed by atoms with Gasteiger partial charge in [0.1, 0.15) is 0 Å². The minimum Gasteiger partial charge on any atom is -0.356 e. The molecular formula is C12H13N. The number of para-hydroxylation sites is 1. The summed E-state index contributed by atoms with van der Waals surface area (Å²) < 4.78 is 0. The molecule has 0 spiro atoms. The highest BCUT2D eigenvalue weighted by Gasteiger charge is 2.03. The third-order valence-corrected chi connectivity index (χ3v) is 2.22. The van der Waals surface area contributed by atoms with Gasteiger partial charge in [-0.15, -0.1) is 0 Å². The molecule has 1 N–H and O–H groups in total. The van der Waals surface area contributed by atoms with Gasteiger partial charge in [-0.25, -0.2) is 0 Å². The molecule has 0 aromatic heterocycles. The summed E-state index contributed by atoms with van der Waals surface area (Å²) in [4.78, 5) is 0. The maximum atomic E-state index is 3.38. The van der Waals surface area contributed by atoms with Crippen LogP contribution in [0.1, 0.15) is 13.3 Å². The second-order valence-corrected chi connectivity index (χ2v) is 3.29. The van der Waals surface area contributed by atoms with Gasteiger partial charge in [-0.1, -0.05) is 24.3 Å². The molecule has 0 saturated carbocycles. The zero-order chi connectivity index (χ0) is 9.10. The number of benzene rings is 1. The zero-order valence-corrected chi connectivity index (χ0v) is 7.75. The van der Waals surface area contributed by atoms with E-state index in [0.29, 0.717) is 0 Å². The molecule has 1 heteroatoms. The van der Waals surface area contributed by atoms with E-state index < -0.39 is 0 Å². The van der Waals surface area contributed by atoms with Crippen LogP contribution in [0, 0.1) is 0 Å². The van der Waals surface area contributed by atoms with Crippen molar-refractivity contribution in [3.8, 4) is 0 Å². The summed E-state index contributed by atoms with van der Waals surface area (Å²) in [7, 11) is 0. The Morgan fingerprint density at radius 3 is 2.54 bits per heavy atom. The lowest BCUT2D eigenvalue weighted by Gasteiger charge is -2.06. The Balaban J connectivity index is 2.15. The SMILES string of the molecule is CC1=C(Nc2ccccc2)C=CC1. The van der Waals surface area contributed by atoms with Crippen molar-refractivity contribution in [3.05, 3.63) is 53.8 Å². The summed E-state index contributed by atoms with van der Waals surface area (Å²) in [6.07, 6.45) is 5.40. The molecule has 0 aliphatic heterocycles. The van der Waals surface area contributed by atoms with E-state index in [2.05, 4.69) is 36.5 Å². The highest BCUT2D eigenvalue weighted by molar-refractivity contribution is 5.53. The first-order valence-corrected chi connectivity index (χ1v) is 4.54. The number of allylic oxidation sites excluding steroid dienone is 3. The molecule has 1 nitrogen and oxygen atoms in total. The van der Waals surface area contributed by atoms with Crippen molar-refractivity contribution in [3.63, 3.8) is 0 Å². The summed E-state index contributed by atoms with van der Waals surface area (Å²) in [5.74, 6) is 0. The van der Waals surface area contributed by atoms with E-state index in [1.54, 1.807) is 0 Å². The van der Waals surface area contributed by atoms with E-state index in [1.165, 1.54) is 11.3 Å². The van der Waals surface area contributed by atoms with Crippen molar-refractivity contribution in [2.24, 2.45) is 0 Å². The van der Waals surface area contributed by atoms with Gasteiger partial charge in [0.15, 0.2) is 0 Å². The van der Waals surface area contributed by atoms with Gasteiger partial charge < -0.3 is 5.32 Å². The van der Waals surface area contributed by atoms with Gasteiger partial charge >= 0.3 is 0 Å². The van der Waals surface area contributed by atoms with Crippen LogP contribution in [0.4, 0.5) is 5.69 Å². The number of anilines is 1. The molecule has 1 aromatic rings. The molecule has 13 heavy (non-hydrogen) atoms. The lowest BCUT2D eigenvalue weighted by molar-refractivity contribution is 1.22. The third kappa shape index (κ3) is 1.81. The van der Waals surface area contributed by atoms with Crippen LogP contribution in [0.15, 0.2) is 53.8 Å². The first-order valence-electron chi connectivity index (χ1n) is 4.54. The predicted octanol–water partition coefficient (Wildman–Crippen LogP) is 3.33. The number of hydrogen-bond donors (Lipinski definition) is 1. The summed E-state index contributed by atoms with van der Waals surface area (Å²) in [5.41, 5.74) is 3.80. The van der Waals surface area contributed by atoms with Crippen molar-refractivity contribution >= 4 is 5.69 Å². The fourth-order valence-corrected chi connectivity index (χ4v) is 1.43. The Morgan fingerprint density at radius 2 is 1.92 bits per heavy atom. The molecule has 0 amide bonds. The van der Waals surface area contributed by atoms with Crippen LogP contribution < -0.4 is 5.32 Å². The molecule has 0 saturated heterocycles. The number of rotatable bonds is 2. The second-order valence-electron chi connectivity index (χ2n) is 3.29. The monoisotopic (exact) mass is 171 g/mol. The van der Waals surface area contributed by atoms with E-state index in [4.69, 9.17) is 0 Å². The molecule has 0 fully saturated rings. The van der Waals surface area contributed by atoms with Gasteiger partial charge in [0.25, 0.3) is 0 Å². The van der Waals surface area contributed by atoms with Crippen LogP contribution in [0.3, 0.4) is 0 Å². The summed E-state index contributed by atoms with van der Waals surface area (Å²) >= 11 is 0. The summed E-state index contributed by atoms with van der Waals surface area (Å²) in [6, 6.07) is 10.3. The molecule has 0 unspecified atom stereocenters. The second kappa shape index (κ2) is 3.48. The lowest BCUT2D eigenvalue weighted by Crippen LogP contribution is -1.96. The first kappa shape index (κ1) is 8.11. The molecule has 0 radical (unpaired) electrons. The van der Waals surface area contributed by atoms with Gasteiger partial charge in [0.05, 0.1) is 0 Å². The molecule has 1 aromatic carbocycles. The van der Waals surface area contributed by atoms with Gasteiger partial charge in [-0.2, -0.15) is 0 Å². The topological polar surface area (TPSA) is 12.0 Å². The van der Waals surface area contributed by atoms with Crippen LogP contribution in [0.2, 0.25) is 0 Å². The van der Waals surface area contributed by atoms with E-state index in [9.17, 15) is 0 Å². The molecular weight excluding hydrogens is 158 g/mol. The molecule has 66 valence electrons. The van der Waals surface area contributed by atoms with Crippen molar-refractivity contribution in [2.75, 3.05) is 5.32 Å². The van der Waals surface area contributed by atoms with E-state index >= 15 is 0 Å². The molecule has 0 bridgehead atoms. The van der Waals surface area contributed by atoms with E-state index in [0.717, 1.165) is 12.1 Å². The maximum Gasteiger partial charge on any atom is 0.0384 e. The van der Waals surface area contributed by atoms with E-state index in [1.807, 2.05) is 18.2 Å². The fourth-order valence-electron chi connectivity index (χ4n) is 1.43.